The van der Waals surface area contributed by atoms with E-state index in [9.17, 15) is 0 Å². The Bertz CT molecular complexity index is 621. The highest BCUT2D eigenvalue weighted by atomic mass is 15.1. The molecule has 0 radical (unpaired) electrons. The predicted octanol–water partition coefficient (Wildman–Crippen LogP) is 3.58. The largest absolute Gasteiger partial charge is 0.378 e. The molecule has 3 nitrogen and oxygen atoms in total. The summed E-state index contributed by atoms with van der Waals surface area (Å²) in [6.07, 6.45) is 2.29. The number of aryl methyl sites for hydroxylation is 1. The first-order valence-corrected chi connectivity index (χ1v) is 6.87. The zero-order valence-corrected chi connectivity index (χ0v) is 10.7. The Morgan fingerprint density at radius 1 is 0.895 bits per heavy atom. The van der Waals surface area contributed by atoms with E-state index in [0.29, 0.717) is 6.04 Å². The van der Waals surface area contributed by atoms with E-state index in [1.54, 1.807) is 0 Å². The molecule has 4 rings (SSSR count). The van der Waals surface area contributed by atoms with Crippen LogP contribution in [0, 0.1) is 0 Å². The molecule has 0 aromatic heterocycles. The Kier molecular flexibility index (Phi) is 2.37. The van der Waals surface area contributed by atoms with Gasteiger partial charge in [0.25, 0.3) is 0 Å². The molecule has 2 aliphatic rings. The van der Waals surface area contributed by atoms with Crippen molar-refractivity contribution in [2.45, 2.75) is 18.9 Å². The van der Waals surface area contributed by atoms with Gasteiger partial charge in [-0.3, -0.25) is 0 Å². The van der Waals surface area contributed by atoms with Crippen molar-refractivity contribution in [3.05, 3.63) is 53.6 Å². The van der Waals surface area contributed by atoms with Crippen molar-refractivity contribution in [3.63, 3.8) is 0 Å². The third kappa shape index (κ3) is 1.73. The average molecular weight is 251 g/mol. The van der Waals surface area contributed by atoms with Crippen LogP contribution in [0.5, 0.6) is 0 Å². The van der Waals surface area contributed by atoms with E-state index in [1.807, 2.05) is 0 Å². The third-order valence-electron chi connectivity index (χ3n) is 4.07. The smallest absolute Gasteiger partial charge is 0.0850 e. The number of hydrogen-bond acceptors (Lipinski definition) is 3. The first-order chi connectivity index (χ1) is 9.42. The molecule has 3 heteroatoms. The summed E-state index contributed by atoms with van der Waals surface area (Å²) in [7, 11) is 0. The zero-order valence-electron chi connectivity index (χ0n) is 10.7. The van der Waals surface area contributed by atoms with Crippen LogP contribution in [0.25, 0.3) is 0 Å². The van der Waals surface area contributed by atoms with E-state index in [4.69, 9.17) is 0 Å². The fourth-order valence-corrected chi connectivity index (χ4v) is 3.11. The quantitative estimate of drug-likeness (QED) is 0.725. The van der Waals surface area contributed by atoms with Crippen LogP contribution in [0.15, 0.2) is 42.5 Å². The van der Waals surface area contributed by atoms with Crippen molar-refractivity contribution in [2.24, 2.45) is 0 Å². The van der Waals surface area contributed by atoms with Gasteiger partial charge in [-0.15, -0.1) is 0 Å². The molecule has 0 saturated carbocycles. The predicted molar refractivity (Wildman–Crippen MR) is 79.7 cm³/mol. The van der Waals surface area contributed by atoms with Crippen LogP contribution in [0.2, 0.25) is 0 Å². The molecule has 2 aromatic carbocycles. The molecular weight excluding hydrogens is 234 g/mol. The first-order valence-electron chi connectivity index (χ1n) is 6.87. The SMILES string of the molecule is c1ccc2c(c1)CCC(c1cccc3c1NCN3)N2. The van der Waals surface area contributed by atoms with Gasteiger partial charge in [0.05, 0.1) is 24.1 Å². The Balaban J connectivity index is 1.70. The van der Waals surface area contributed by atoms with Crippen LogP contribution in [0.3, 0.4) is 0 Å². The third-order valence-corrected chi connectivity index (χ3v) is 4.07. The van der Waals surface area contributed by atoms with Gasteiger partial charge in [-0.05, 0) is 36.1 Å². The van der Waals surface area contributed by atoms with Crippen LogP contribution < -0.4 is 16.0 Å². The van der Waals surface area contributed by atoms with Gasteiger partial charge in [0.1, 0.15) is 0 Å². The summed E-state index contributed by atoms with van der Waals surface area (Å²) in [5.74, 6) is 0. The van der Waals surface area contributed by atoms with E-state index in [0.717, 1.165) is 19.5 Å². The standard InChI is InChI=1S/C16H17N3/c1-2-6-13-11(4-1)8-9-14(19-13)12-5-3-7-15-16(12)18-10-17-15/h1-7,14,17-19H,8-10H2. The van der Waals surface area contributed by atoms with Gasteiger partial charge in [-0.1, -0.05) is 30.3 Å². The molecule has 1 atom stereocenters. The van der Waals surface area contributed by atoms with Crippen LogP contribution in [0.4, 0.5) is 17.1 Å². The summed E-state index contributed by atoms with van der Waals surface area (Å²) in [6.45, 7) is 0.829. The van der Waals surface area contributed by atoms with Crippen molar-refractivity contribution in [1.82, 2.24) is 0 Å². The molecule has 19 heavy (non-hydrogen) atoms. The maximum atomic E-state index is 3.68. The summed E-state index contributed by atoms with van der Waals surface area (Å²) in [6, 6.07) is 15.5. The number of benzene rings is 2. The normalized spacial score (nSPS) is 19.7. The van der Waals surface area contributed by atoms with Crippen LogP contribution in [0.1, 0.15) is 23.6 Å². The van der Waals surface area contributed by atoms with Gasteiger partial charge in [0.2, 0.25) is 0 Å². The molecule has 96 valence electrons. The number of para-hydroxylation sites is 2. The number of fused-ring (bicyclic) bond motifs is 2. The lowest BCUT2D eigenvalue weighted by Crippen LogP contribution is -2.18. The summed E-state index contributed by atoms with van der Waals surface area (Å²) in [4.78, 5) is 0. The second-order valence-electron chi connectivity index (χ2n) is 5.19. The number of nitrogens with one attached hydrogen (secondary N) is 3. The summed E-state index contributed by atoms with van der Waals surface area (Å²) < 4.78 is 0. The van der Waals surface area contributed by atoms with E-state index >= 15 is 0 Å². The van der Waals surface area contributed by atoms with E-state index in [1.165, 1.54) is 28.2 Å². The molecule has 3 N–H and O–H groups in total. The lowest BCUT2D eigenvalue weighted by molar-refractivity contribution is 0.669. The number of rotatable bonds is 1. The summed E-state index contributed by atoms with van der Waals surface area (Å²) in [5.41, 5.74) is 6.56. The monoisotopic (exact) mass is 251 g/mol. The van der Waals surface area contributed by atoms with Gasteiger partial charge < -0.3 is 16.0 Å². The number of hydrogen-bond donors (Lipinski definition) is 3. The fourth-order valence-electron chi connectivity index (χ4n) is 3.11. The fraction of sp³-hybridized carbons (Fsp3) is 0.250. The van der Waals surface area contributed by atoms with Crippen molar-refractivity contribution >= 4 is 17.1 Å². The van der Waals surface area contributed by atoms with E-state index in [2.05, 4.69) is 58.4 Å². The van der Waals surface area contributed by atoms with Crippen molar-refractivity contribution in [3.8, 4) is 0 Å². The first kappa shape index (κ1) is 10.7. The van der Waals surface area contributed by atoms with Gasteiger partial charge >= 0.3 is 0 Å². The molecule has 0 amide bonds. The van der Waals surface area contributed by atoms with Gasteiger partial charge in [-0.2, -0.15) is 0 Å². The molecule has 0 bridgehead atoms. The minimum atomic E-state index is 0.400. The maximum absolute atomic E-state index is 3.68. The topological polar surface area (TPSA) is 36.1 Å². The van der Waals surface area contributed by atoms with Crippen LogP contribution in [-0.2, 0) is 6.42 Å². The van der Waals surface area contributed by atoms with Gasteiger partial charge in [0, 0.05) is 5.69 Å². The molecule has 0 spiro atoms. The highest BCUT2D eigenvalue weighted by Crippen LogP contribution is 2.39. The second kappa shape index (κ2) is 4.19. The van der Waals surface area contributed by atoms with Crippen LogP contribution in [-0.4, -0.2) is 6.67 Å². The molecule has 2 heterocycles. The molecule has 2 aromatic rings. The van der Waals surface area contributed by atoms with E-state index < -0.39 is 0 Å². The van der Waals surface area contributed by atoms with E-state index in [-0.39, 0.29) is 0 Å². The zero-order chi connectivity index (χ0) is 12.7. The maximum Gasteiger partial charge on any atom is 0.0850 e. The van der Waals surface area contributed by atoms with Crippen LogP contribution >= 0.6 is 0 Å². The Morgan fingerprint density at radius 2 is 1.79 bits per heavy atom. The summed E-state index contributed by atoms with van der Waals surface area (Å²) >= 11 is 0. The second-order valence-corrected chi connectivity index (χ2v) is 5.19. The Labute approximate surface area is 113 Å². The van der Waals surface area contributed by atoms with Crippen molar-refractivity contribution in [1.29, 1.82) is 0 Å². The van der Waals surface area contributed by atoms with Gasteiger partial charge in [-0.25, -0.2) is 0 Å². The minimum Gasteiger partial charge on any atom is -0.378 e. The highest BCUT2D eigenvalue weighted by molar-refractivity contribution is 5.77. The number of anilines is 3. The molecule has 0 fully saturated rings. The molecule has 2 aliphatic heterocycles. The molecule has 1 unspecified atom stereocenters. The lowest BCUT2D eigenvalue weighted by Gasteiger charge is -2.28. The lowest BCUT2D eigenvalue weighted by atomic mass is 9.92. The molecule has 0 saturated heterocycles. The molecular formula is C16H17N3. The molecule has 0 aliphatic carbocycles. The Hall–Kier alpha value is -2.16. The highest BCUT2D eigenvalue weighted by Gasteiger charge is 2.23. The summed E-state index contributed by atoms with van der Waals surface area (Å²) in [5, 5.41) is 10.5. The van der Waals surface area contributed by atoms with Crippen molar-refractivity contribution in [2.75, 3.05) is 22.6 Å². The van der Waals surface area contributed by atoms with Crippen molar-refractivity contribution < 1.29 is 0 Å². The minimum absolute atomic E-state index is 0.400. The van der Waals surface area contributed by atoms with Gasteiger partial charge in [0.15, 0.2) is 0 Å². The Morgan fingerprint density at radius 3 is 2.79 bits per heavy atom. The average Bonchev–Trinajstić information content (AvgIpc) is 2.95.